The summed E-state index contributed by atoms with van der Waals surface area (Å²) >= 11 is 4.39. The van der Waals surface area contributed by atoms with Gasteiger partial charge in [-0.25, -0.2) is 12.8 Å². The van der Waals surface area contributed by atoms with Crippen LogP contribution in [0.4, 0.5) is 4.39 Å². The van der Waals surface area contributed by atoms with E-state index in [2.05, 4.69) is 21.2 Å². The molecular weight excluding hydrogens is 457 g/mol. The van der Waals surface area contributed by atoms with E-state index in [0.29, 0.717) is 9.55 Å². The van der Waals surface area contributed by atoms with Crippen molar-refractivity contribution in [2.75, 3.05) is 6.54 Å². The molecule has 0 bridgehead atoms. The highest BCUT2D eigenvalue weighted by Crippen LogP contribution is 2.32. The molecule has 0 radical (unpaired) electrons. The van der Waals surface area contributed by atoms with Crippen molar-refractivity contribution in [2.45, 2.75) is 17.1 Å². The number of rotatable bonds is 6. The van der Waals surface area contributed by atoms with E-state index >= 15 is 0 Å². The predicted octanol–water partition coefficient (Wildman–Crippen LogP) is 4.50. The van der Waals surface area contributed by atoms with Crippen LogP contribution in [-0.2, 0) is 9.84 Å². The number of sulfone groups is 1. The van der Waals surface area contributed by atoms with Gasteiger partial charge in [0.05, 0.1) is 4.90 Å². The van der Waals surface area contributed by atoms with Crippen LogP contribution in [0.15, 0.2) is 61.8 Å². The molecule has 0 aliphatic heterocycles. The van der Waals surface area contributed by atoms with Crippen molar-refractivity contribution in [3.8, 4) is 0 Å². The minimum absolute atomic E-state index is 0.00907. The van der Waals surface area contributed by atoms with E-state index in [-0.39, 0.29) is 22.8 Å². The van der Waals surface area contributed by atoms with Crippen LogP contribution >= 0.6 is 27.3 Å². The lowest BCUT2D eigenvalue weighted by molar-refractivity contribution is 0.0925. The van der Waals surface area contributed by atoms with Crippen molar-refractivity contribution in [1.29, 1.82) is 0 Å². The molecule has 0 aliphatic rings. The largest absolute Gasteiger partial charge is 0.444 e. The molecule has 142 valence electrons. The summed E-state index contributed by atoms with van der Waals surface area (Å²) in [6, 6.07) is 10.2. The molecule has 2 aromatic heterocycles. The Morgan fingerprint density at radius 1 is 1.30 bits per heavy atom. The number of furan rings is 1. The van der Waals surface area contributed by atoms with Crippen molar-refractivity contribution < 1.29 is 22.0 Å². The van der Waals surface area contributed by atoms with Crippen molar-refractivity contribution >= 4 is 43.0 Å². The lowest BCUT2D eigenvalue weighted by Crippen LogP contribution is -2.31. The molecule has 1 atom stereocenters. The third-order valence-corrected chi connectivity index (χ3v) is 7.58. The third kappa shape index (κ3) is 4.31. The number of thiophene rings is 1. The van der Waals surface area contributed by atoms with Crippen LogP contribution in [0, 0.1) is 12.7 Å². The minimum Gasteiger partial charge on any atom is -0.444 e. The first-order chi connectivity index (χ1) is 12.8. The lowest BCUT2D eigenvalue weighted by Gasteiger charge is -2.17. The highest BCUT2D eigenvalue weighted by molar-refractivity contribution is 9.10. The van der Waals surface area contributed by atoms with E-state index < -0.39 is 26.8 Å². The molecule has 3 rings (SSSR count). The van der Waals surface area contributed by atoms with Crippen LogP contribution < -0.4 is 5.32 Å². The maximum Gasteiger partial charge on any atom is 0.287 e. The SMILES string of the molecule is Cc1cc(S(=O)(=O)[C@@H](CNC(=O)c2ccc(Br)o2)c2cccs2)ccc1F. The number of carbonyl (C=O) groups is 1. The zero-order chi connectivity index (χ0) is 19.6. The second-order valence-corrected chi connectivity index (χ2v) is 9.67. The molecule has 0 saturated heterocycles. The monoisotopic (exact) mass is 471 g/mol. The predicted molar refractivity (Wildman–Crippen MR) is 104 cm³/mol. The standard InChI is InChI=1S/C18H15BrFNO4S2/c1-11-9-12(4-5-13(11)20)27(23,24)16(15-3-2-8-26-15)10-21-18(22)14-6-7-17(19)25-14/h2-9,16H,10H2,1H3,(H,21,22)/t16-/m0/s1. The Labute approximate surface area is 168 Å². The summed E-state index contributed by atoms with van der Waals surface area (Å²) < 4.78 is 45.4. The van der Waals surface area contributed by atoms with E-state index in [1.807, 2.05) is 0 Å². The van der Waals surface area contributed by atoms with Crippen LogP contribution in [-0.4, -0.2) is 20.9 Å². The fraction of sp³-hybridized carbons (Fsp3) is 0.167. The Bertz CT molecular complexity index is 1060. The van der Waals surface area contributed by atoms with E-state index in [0.717, 1.165) is 6.07 Å². The summed E-state index contributed by atoms with van der Waals surface area (Å²) in [6.07, 6.45) is 0. The van der Waals surface area contributed by atoms with Gasteiger partial charge in [-0.05, 0) is 70.2 Å². The molecule has 1 N–H and O–H groups in total. The van der Waals surface area contributed by atoms with Gasteiger partial charge in [0, 0.05) is 11.4 Å². The molecule has 0 aliphatic carbocycles. The lowest BCUT2D eigenvalue weighted by atomic mass is 10.2. The number of benzene rings is 1. The normalized spacial score (nSPS) is 12.7. The van der Waals surface area contributed by atoms with E-state index in [4.69, 9.17) is 4.42 Å². The Morgan fingerprint density at radius 3 is 2.67 bits per heavy atom. The van der Waals surface area contributed by atoms with Gasteiger partial charge >= 0.3 is 0 Å². The van der Waals surface area contributed by atoms with Gasteiger partial charge in [-0.3, -0.25) is 4.79 Å². The van der Waals surface area contributed by atoms with Gasteiger partial charge < -0.3 is 9.73 Å². The molecular formula is C18H15BrFNO4S2. The van der Waals surface area contributed by atoms with Crippen molar-refractivity contribution in [1.82, 2.24) is 5.32 Å². The van der Waals surface area contributed by atoms with Gasteiger partial charge in [-0.1, -0.05) is 6.07 Å². The second-order valence-electron chi connectivity index (χ2n) is 5.77. The van der Waals surface area contributed by atoms with Gasteiger partial charge in [0.15, 0.2) is 20.3 Å². The first-order valence-corrected chi connectivity index (χ1v) is 11.1. The Morgan fingerprint density at radius 2 is 2.07 bits per heavy atom. The maximum absolute atomic E-state index is 13.5. The molecule has 2 heterocycles. The molecule has 1 aromatic carbocycles. The highest BCUT2D eigenvalue weighted by Gasteiger charge is 2.31. The van der Waals surface area contributed by atoms with Gasteiger partial charge in [0.1, 0.15) is 11.1 Å². The highest BCUT2D eigenvalue weighted by atomic mass is 79.9. The summed E-state index contributed by atoms with van der Waals surface area (Å²) in [5, 5.41) is 3.37. The maximum atomic E-state index is 13.5. The van der Waals surface area contributed by atoms with E-state index in [1.54, 1.807) is 23.6 Å². The molecule has 0 saturated carbocycles. The van der Waals surface area contributed by atoms with Gasteiger partial charge in [0.25, 0.3) is 5.91 Å². The molecule has 1 amide bonds. The average Bonchev–Trinajstić information content (AvgIpc) is 3.29. The van der Waals surface area contributed by atoms with Crippen LogP contribution in [0.2, 0.25) is 0 Å². The summed E-state index contributed by atoms with van der Waals surface area (Å²) in [5.41, 5.74) is 0.241. The third-order valence-electron chi connectivity index (χ3n) is 3.94. The summed E-state index contributed by atoms with van der Waals surface area (Å²) in [7, 11) is -3.85. The number of aryl methyl sites for hydroxylation is 1. The number of halogens is 2. The number of nitrogens with one attached hydrogen (secondary N) is 1. The zero-order valence-corrected chi connectivity index (χ0v) is 17.3. The van der Waals surface area contributed by atoms with Gasteiger partial charge in [-0.2, -0.15) is 0 Å². The molecule has 5 nitrogen and oxygen atoms in total. The van der Waals surface area contributed by atoms with Crippen molar-refractivity contribution in [2.24, 2.45) is 0 Å². The summed E-state index contributed by atoms with van der Waals surface area (Å²) in [6.45, 7) is 1.36. The number of amides is 1. The molecule has 27 heavy (non-hydrogen) atoms. The van der Waals surface area contributed by atoms with Crippen molar-refractivity contribution in [3.63, 3.8) is 0 Å². The topological polar surface area (TPSA) is 76.4 Å². The van der Waals surface area contributed by atoms with Gasteiger partial charge in [-0.15, -0.1) is 11.3 Å². The van der Waals surface area contributed by atoms with Crippen LogP contribution in [0.25, 0.3) is 0 Å². The number of hydrogen-bond donors (Lipinski definition) is 1. The fourth-order valence-corrected chi connectivity index (χ4v) is 5.68. The second kappa shape index (κ2) is 7.95. The Hall–Kier alpha value is -1.97. The first-order valence-electron chi connectivity index (χ1n) is 7.86. The molecule has 3 aromatic rings. The van der Waals surface area contributed by atoms with Crippen LogP contribution in [0.1, 0.15) is 26.2 Å². The minimum atomic E-state index is -3.85. The quantitative estimate of drug-likeness (QED) is 0.537. The number of hydrogen-bond acceptors (Lipinski definition) is 5. The molecule has 0 spiro atoms. The summed E-state index contributed by atoms with van der Waals surface area (Å²) in [5.74, 6) is -0.923. The average molecular weight is 472 g/mol. The van der Waals surface area contributed by atoms with Crippen LogP contribution in [0.3, 0.4) is 0 Å². The first kappa shape index (κ1) is 19.8. The van der Waals surface area contributed by atoms with E-state index in [9.17, 15) is 17.6 Å². The molecule has 0 fully saturated rings. The molecule has 9 heteroatoms. The van der Waals surface area contributed by atoms with Crippen molar-refractivity contribution in [3.05, 3.63) is 74.5 Å². The van der Waals surface area contributed by atoms with Crippen LogP contribution in [0.5, 0.6) is 0 Å². The van der Waals surface area contributed by atoms with E-state index in [1.165, 1.54) is 36.5 Å². The fourth-order valence-electron chi connectivity index (χ4n) is 2.50. The Balaban J connectivity index is 1.89. The smallest absolute Gasteiger partial charge is 0.287 e. The summed E-state index contributed by atoms with van der Waals surface area (Å²) in [4.78, 5) is 12.8. The van der Waals surface area contributed by atoms with Gasteiger partial charge in [0.2, 0.25) is 0 Å². The molecule has 0 unspecified atom stereocenters. The number of carbonyl (C=O) groups excluding carboxylic acids is 1. The zero-order valence-electron chi connectivity index (χ0n) is 14.1. The Kier molecular flexibility index (Phi) is 5.83.